The first-order valence-corrected chi connectivity index (χ1v) is 5.11. The van der Waals surface area contributed by atoms with Crippen molar-refractivity contribution in [3.8, 4) is 0 Å². The molecule has 7 nitrogen and oxygen atoms in total. The van der Waals surface area contributed by atoms with Crippen molar-refractivity contribution in [2.45, 2.75) is 6.54 Å². The summed E-state index contributed by atoms with van der Waals surface area (Å²) in [6.07, 6.45) is 4.83. The molecule has 0 spiro atoms. The first-order chi connectivity index (χ1) is 8.28. The minimum Gasteiger partial charge on any atom is -0.383 e. The van der Waals surface area contributed by atoms with E-state index >= 15 is 0 Å². The van der Waals surface area contributed by atoms with Crippen LogP contribution in [0, 0.1) is 0 Å². The predicted octanol–water partition coefficient (Wildman–Crippen LogP) is 0.356. The summed E-state index contributed by atoms with van der Waals surface area (Å²) >= 11 is 0. The summed E-state index contributed by atoms with van der Waals surface area (Å²) in [4.78, 5) is 17.5. The third-order valence-electron chi connectivity index (χ3n) is 2.11. The molecule has 17 heavy (non-hydrogen) atoms. The van der Waals surface area contributed by atoms with Gasteiger partial charge in [0.1, 0.15) is 5.82 Å². The van der Waals surface area contributed by atoms with Gasteiger partial charge in [0.25, 0.3) is 5.56 Å². The second kappa shape index (κ2) is 5.26. The summed E-state index contributed by atoms with van der Waals surface area (Å²) in [6, 6.07) is 1.38. The zero-order chi connectivity index (χ0) is 12.1. The van der Waals surface area contributed by atoms with Crippen molar-refractivity contribution >= 4 is 11.5 Å². The number of rotatable bonds is 5. The van der Waals surface area contributed by atoms with Gasteiger partial charge in [-0.2, -0.15) is 5.10 Å². The van der Waals surface area contributed by atoms with Crippen molar-refractivity contribution in [2.24, 2.45) is 0 Å². The van der Waals surface area contributed by atoms with Crippen molar-refractivity contribution < 1.29 is 4.74 Å². The standard InChI is InChI=1S/C10H13N5O2/c1-17-3-2-15-6-8(5-13-15)14-9-4-10(16)12-7-11-9/h4-7H,2-3H2,1H3,(H2,11,12,14,16). The van der Waals surface area contributed by atoms with E-state index in [1.165, 1.54) is 12.4 Å². The normalized spacial score (nSPS) is 10.4. The van der Waals surface area contributed by atoms with Crippen LogP contribution in [0.4, 0.5) is 11.5 Å². The molecule has 0 unspecified atom stereocenters. The Morgan fingerprint density at radius 1 is 1.59 bits per heavy atom. The van der Waals surface area contributed by atoms with Gasteiger partial charge in [0.15, 0.2) is 0 Å². The van der Waals surface area contributed by atoms with Gasteiger partial charge in [-0.25, -0.2) is 4.98 Å². The van der Waals surface area contributed by atoms with Crippen molar-refractivity contribution in [3.05, 3.63) is 35.1 Å². The maximum absolute atomic E-state index is 11.1. The molecule has 0 bridgehead atoms. The van der Waals surface area contributed by atoms with Crippen LogP contribution >= 0.6 is 0 Å². The quantitative estimate of drug-likeness (QED) is 0.781. The minimum atomic E-state index is -0.200. The first-order valence-electron chi connectivity index (χ1n) is 5.11. The number of aromatic nitrogens is 4. The van der Waals surface area contributed by atoms with Crippen LogP contribution in [0.3, 0.4) is 0 Å². The molecule has 0 aliphatic carbocycles. The maximum Gasteiger partial charge on any atom is 0.252 e. The Hall–Kier alpha value is -2.15. The molecule has 0 aromatic carbocycles. The lowest BCUT2D eigenvalue weighted by atomic mass is 10.5. The summed E-state index contributed by atoms with van der Waals surface area (Å²) in [5, 5.41) is 7.12. The Balaban J connectivity index is 2.03. The Bertz CT molecular complexity index is 533. The molecule has 2 heterocycles. The first kappa shape index (κ1) is 11.3. The number of nitrogens with zero attached hydrogens (tertiary/aromatic N) is 3. The van der Waals surface area contributed by atoms with E-state index in [-0.39, 0.29) is 5.56 Å². The molecule has 90 valence electrons. The molecule has 2 N–H and O–H groups in total. The van der Waals surface area contributed by atoms with Crippen LogP contribution < -0.4 is 10.9 Å². The summed E-state index contributed by atoms with van der Waals surface area (Å²) in [6.45, 7) is 1.28. The lowest BCUT2D eigenvalue weighted by Gasteiger charge is -2.00. The van der Waals surface area contributed by atoms with E-state index < -0.39 is 0 Å². The number of aromatic amines is 1. The second-order valence-electron chi connectivity index (χ2n) is 3.41. The van der Waals surface area contributed by atoms with Gasteiger partial charge in [-0.15, -0.1) is 0 Å². The predicted molar refractivity (Wildman–Crippen MR) is 62.2 cm³/mol. The van der Waals surface area contributed by atoms with Crippen molar-refractivity contribution in [2.75, 3.05) is 19.0 Å². The SMILES string of the molecule is COCCn1cc(Nc2cc(=O)[nH]cn2)cn1. The largest absolute Gasteiger partial charge is 0.383 e. The number of H-pyrrole nitrogens is 1. The van der Waals surface area contributed by atoms with Gasteiger partial charge in [-0.1, -0.05) is 0 Å². The highest BCUT2D eigenvalue weighted by Crippen LogP contribution is 2.10. The number of hydrogen-bond donors (Lipinski definition) is 2. The number of anilines is 2. The summed E-state index contributed by atoms with van der Waals surface area (Å²) in [5.74, 6) is 0.486. The molecule has 0 aliphatic rings. The van der Waals surface area contributed by atoms with Crippen LogP contribution in [0.2, 0.25) is 0 Å². The lowest BCUT2D eigenvalue weighted by molar-refractivity contribution is 0.183. The van der Waals surface area contributed by atoms with Gasteiger partial charge in [-0.05, 0) is 0 Å². The van der Waals surface area contributed by atoms with Gasteiger partial charge in [-0.3, -0.25) is 9.48 Å². The molecule has 0 aliphatic heterocycles. The van der Waals surface area contributed by atoms with E-state index in [0.29, 0.717) is 19.0 Å². The van der Waals surface area contributed by atoms with E-state index in [2.05, 4.69) is 20.4 Å². The van der Waals surface area contributed by atoms with E-state index in [1.807, 2.05) is 6.20 Å². The monoisotopic (exact) mass is 235 g/mol. The highest BCUT2D eigenvalue weighted by Gasteiger charge is 2.00. The molecule has 2 aromatic heterocycles. The average molecular weight is 235 g/mol. The number of ether oxygens (including phenoxy) is 1. The van der Waals surface area contributed by atoms with Crippen molar-refractivity contribution in [1.82, 2.24) is 19.7 Å². The van der Waals surface area contributed by atoms with Crippen LogP contribution in [0.1, 0.15) is 0 Å². The zero-order valence-electron chi connectivity index (χ0n) is 9.38. The van der Waals surface area contributed by atoms with E-state index in [9.17, 15) is 4.79 Å². The van der Waals surface area contributed by atoms with E-state index in [4.69, 9.17) is 4.74 Å². The Kier molecular flexibility index (Phi) is 3.51. The Labute approximate surface area is 97.5 Å². The van der Waals surface area contributed by atoms with Gasteiger partial charge in [0, 0.05) is 19.4 Å². The van der Waals surface area contributed by atoms with Crippen molar-refractivity contribution in [3.63, 3.8) is 0 Å². The fraction of sp³-hybridized carbons (Fsp3) is 0.300. The molecule has 0 radical (unpaired) electrons. The molecule has 2 aromatic rings. The van der Waals surface area contributed by atoms with Crippen LogP contribution in [0.25, 0.3) is 0 Å². The third kappa shape index (κ3) is 3.15. The average Bonchev–Trinajstić information content (AvgIpc) is 2.74. The molecule has 0 fully saturated rings. The van der Waals surface area contributed by atoms with Gasteiger partial charge < -0.3 is 15.0 Å². The van der Waals surface area contributed by atoms with Gasteiger partial charge in [0.05, 0.1) is 31.4 Å². The number of nitrogens with one attached hydrogen (secondary N) is 2. The summed E-state index contributed by atoms with van der Waals surface area (Å²) < 4.78 is 6.70. The lowest BCUT2D eigenvalue weighted by Crippen LogP contribution is -2.06. The highest BCUT2D eigenvalue weighted by molar-refractivity contribution is 5.52. The van der Waals surface area contributed by atoms with E-state index in [0.717, 1.165) is 5.69 Å². The fourth-order valence-electron chi connectivity index (χ4n) is 1.32. The molecule has 0 saturated heterocycles. The minimum absolute atomic E-state index is 0.200. The van der Waals surface area contributed by atoms with E-state index in [1.54, 1.807) is 18.0 Å². The molecular weight excluding hydrogens is 222 g/mol. The highest BCUT2D eigenvalue weighted by atomic mass is 16.5. The van der Waals surface area contributed by atoms with Crippen LogP contribution in [-0.4, -0.2) is 33.5 Å². The number of hydrogen-bond acceptors (Lipinski definition) is 5. The molecule has 0 amide bonds. The third-order valence-corrected chi connectivity index (χ3v) is 2.11. The van der Waals surface area contributed by atoms with Crippen LogP contribution in [-0.2, 0) is 11.3 Å². The smallest absolute Gasteiger partial charge is 0.252 e. The topological polar surface area (TPSA) is 84.8 Å². The maximum atomic E-state index is 11.1. The van der Waals surface area contributed by atoms with Gasteiger partial charge >= 0.3 is 0 Å². The van der Waals surface area contributed by atoms with Crippen LogP contribution in [0.15, 0.2) is 29.6 Å². The van der Waals surface area contributed by atoms with Crippen LogP contribution in [0.5, 0.6) is 0 Å². The molecule has 7 heteroatoms. The van der Waals surface area contributed by atoms with Gasteiger partial charge in [0.2, 0.25) is 0 Å². The zero-order valence-corrected chi connectivity index (χ0v) is 9.38. The number of methoxy groups -OCH3 is 1. The second-order valence-corrected chi connectivity index (χ2v) is 3.41. The summed E-state index contributed by atoms with van der Waals surface area (Å²) in [5.41, 5.74) is 0.577. The molecule has 0 atom stereocenters. The Morgan fingerprint density at radius 3 is 3.24 bits per heavy atom. The Morgan fingerprint density at radius 2 is 2.47 bits per heavy atom. The van der Waals surface area contributed by atoms with Crippen molar-refractivity contribution in [1.29, 1.82) is 0 Å². The molecule has 0 saturated carbocycles. The molecule has 2 rings (SSSR count). The fourth-order valence-corrected chi connectivity index (χ4v) is 1.32. The summed E-state index contributed by atoms with van der Waals surface area (Å²) in [7, 11) is 1.64. The molecular formula is C10H13N5O2.